The fourth-order valence-corrected chi connectivity index (χ4v) is 1.13. The van der Waals surface area contributed by atoms with Crippen LogP contribution in [-0.4, -0.2) is 41.9 Å². The highest BCUT2D eigenvalue weighted by molar-refractivity contribution is 4.79. The second-order valence-corrected chi connectivity index (χ2v) is 4.61. The van der Waals surface area contributed by atoms with Gasteiger partial charge in [0.25, 0.3) is 0 Å². The fraction of sp³-hybridized carbons (Fsp3) is 1.00. The van der Waals surface area contributed by atoms with Crippen molar-refractivity contribution in [3.05, 3.63) is 0 Å². The van der Waals surface area contributed by atoms with Crippen molar-refractivity contribution in [1.29, 1.82) is 0 Å². The van der Waals surface area contributed by atoms with E-state index in [1.165, 1.54) is 4.90 Å². The van der Waals surface area contributed by atoms with E-state index in [4.69, 9.17) is 0 Å². The van der Waals surface area contributed by atoms with Gasteiger partial charge in [0, 0.05) is 13.1 Å². The highest BCUT2D eigenvalue weighted by Gasteiger charge is 2.30. The second-order valence-electron chi connectivity index (χ2n) is 4.61. The molecule has 0 bridgehead atoms. The Morgan fingerprint density at radius 2 is 1.73 bits per heavy atom. The van der Waals surface area contributed by atoms with Crippen molar-refractivity contribution in [3.8, 4) is 0 Å². The van der Waals surface area contributed by atoms with Crippen LogP contribution in [0.1, 0.15) is 27.2 Å². The lowest BCUT2D eigenvalue weighted by Crippen LogP contribution is -2.43. The summed E-state index contributed by atoms with van der Waals surface area (Å²) in [5, 5.41) is 9.87. The van der Waals surface area contributed by atoms with E-state index >= 15 is 0 Å². The molecule has 0 aromatic heterocycles. The lowest BCUT2D eigenvalue weighted by atomic mass is 9.92. The van der Waals surface area contributed by atoms with Crippen LogP contribution in [0.15, 0.2) is 0 Å². The molecule has 1 unspecified atom stereocenters. The summed E-state index contributed by atoms with van der Waals surface area (Å²) in [4.78, 5) is 1.51. The molecule has 0 heterocycles. The third kappa shape index (κ3) is 6.73. The van der Waals surface area contributed by atoms with Gasteiger partial charge < -0.3 is 10.0 Å². The van der Waals surface area contributed by atoms with Crippen LogP contribution in [0.4, 0.5) is 13.2 Å². The van der Waals surface area contributed by atoms with Crippen LogP contribution in [0.2, 0.25) is 0 Å². The van der Waals surface area contributed by atoms with Crippen LogP contribution < -0.4 is 0 Å². The molecule has 0 spiro atoms. The van der Waals surface area contributed by atoms with Gasteiger partial charge in [0.05, 0.1) is 12.0 Å². The maximum atomic E-state index is 11.9. The Labute approximate surface area is 89.1 Å². The van der Waals surface area contributed by atoms with Crippen molar-refractivity contribution < 1.29 is 18.3 Å². The molecule has 2 nitrogen and oxygen atoms in total. The zero-order chi connectivity index (χ0) is 12.3. The Hall–Kier alpha value is -0.290. The molecule has 0 saturated carbocycles. The Bertz CT molecular complexity index is 190. The minimum atomic E-state index is -4.13. The van der Waals surface area contributed by atoms with Crippen molar-refractivity contribution in [1.82, 2.24) is 4.90 Å². The van der Waals surface area contributed by atoms with Crippen LogP contribution in [0, 0.1) is 5.92 Å². The molecule has 1 atom stereocenters. The standard InChI is InChI=1S/C10H20F3NO/c1-8(2)9(3,15)7-14(4)6-5-10(11,12)13/h8,15H,5-7H2,1-4H3. The van der Waals surface area contributed by atoms with Crippen molar-refractivity contribution in [2.45, 2.75) is 39.0 Å². The van der Waals surface area contributed by atoms with Crippen LogP contribution in [0.5, 0.6) is 0 Å². The first-order valence-electron chi connectivity index (χ1n) is 5.02. The van der Waals surface area contributed by atoms with Crippen molar-refractivity contribution in [2.75, 3.05) is 20.1 Å². The molecule has 0 aliphatic heterocycles. The van der Waals surface area contributed by atoms with E-state index in [9.17, 15) is 18.3 Å². The van der Waals surface area contributed by atoms with E-state index in [-0.39, 0.29) is 19.0 Å². The van der Waals surface area contributed by atoms with Gasteiger partial charge in [0.2, 0.25) is 0 Å². The first kappa shape index (κ1) is 14.7. The number of rotatable bonds is 5. The molecule has 0 aliphatic carbocycles. The molecule has 0 aliphatic rings. The highest BCUT2D eigenvalue weighted by Crippen LogP contribution is 2.21. The summed E-state index contributed by atoms with van der Waals surface area (Å²) in [6.45, 7) is 5.50. The van der Waals surface area contributed by atoms with Gasteiger partial charge in [0.15, 0.2) is 0 Å². The van der Waals surface area contributed by atoms with E-state index in [2.05, 4.69) is 0 Å². The summed E-state index contributed by atoms with van der Waals surface area (Å²) in [7, 11) is 1.59. The third-order valence-electron chi connectivity index (χ3n) is 2.61. The Balaban J connectivity index is 3.99. The number of halogens is 3. The number of alkyl halides is 3. The summed E-state index contributed by atoms with van der Waals surface area (Å²) >= 11 is 0. The third-order valence-corrected chi connectivity index (χ3v) is 2.61. The summed E-state index contributed by atoms with van der Waals surface area (Å²) in [6, 6.07) is 0. The SMILES string of the molecule is CC(C)C(C)(O)CN(C)CCC(F)(F)F. The Morgan fingerprint density at radius 1 is 1.27 bits per heavy atom. The molecule has 15 heavy (non-hydrogen) atoms. The maximum absolute atomic E-state index is 11.9. The smallest absolute Gasteiger partial charge is 0.389 e. The molecule has 0 aromatic rings. The monoisotopic (exact) mass is 227 g/mol. The molecular formula is C10H20F3NO. The number of nitrogens with zero attached hydrogens (tertiary/aromatic N) is 1. The van der Waals surface area contributed by atoms with E-state index in [0.29, 0.717) is 0 Å². The van der Waals surface area contributed by atoms with Crippen LogP contribution >= 0.6 is 0 Å². The first-order valence-corrected chi connectivity index (χ1v) is 5.02. The topological polar surface area (TPSA) is 23.5 Å². The average Bonchev–Trinajstić information content (AvgIpc) is 1.98. The number of aliphatic hydroxyl groups is 1. The molecule has 92 valence electrons. The number of hydrogen-bond donors (Lipinski definition) is 1. The molecular weight excluding hydrogens is 207 g/mol. The van der Waals surface area contributed by atoms with Crippen LogP contribution in [0.3, 0.4) is 0 Å². The summed E-state index contributed by atoms with van der Waals surface area (Å²) in [6.07, 6.45) is -4.96. The van der Waals surface area contributed by atoms with Crippen LogP contribution in [-0.2, 0) is 0 Å². The van der Waals surface area contributed by atoms with Crippen molar-refractivity contribution >= 4 is 0 Å². The van der Waals surface area contributed by atoms with Gasteiger partial charge in [-0.15, -0.1) is 0 Å². The van der Waals surface area contributed by atoms with Gasteiger partial charge in [0.1, 0.15) is 0 Å². The van der Waals surface area contributed by atoms with Gasteiger partial charge in [-0.05, 0) is 19.9 Å². The van der Waals surface area contributed by atoms with E-state index in [0.717, 1.165) is 0 Å². The molecule has 5 heteroatoms. The van der Waals surface area contributed by atoms with Gasteiger partial charge in [-0.25, -0.2) is 0 Å². The van der Waals surface area contributed by atoms with Crippen molar-refractivity contribution in [3.63, 3.8) is 0 Å². The lowest BCUT2D eigenvalue weighted by molar-refractivity contribution is -0.139. The van der Waals surface area contributed by atoms with Gasteiger partial charge in [-0.3, -0.25) is 0 Å². The minimum Gasteiger partial charge on any atom is -0.389 e. The fourth-order valence-electron chi connectivity index (χ4n) is 1.13. The lowest BCUT2D eigenvalue weighted by Gasteiger charge is -2.32. The average molecular weight is 227 g/mol. The molecule has 1 N–H and O–H groups in total. The predicted molar refractivity (Wildman–Crippen MR) is 53.6 cm³/mol. The summed E-state index contributed by atoms with van der Waals surface area (Å²) in [5.74, 6) is 0.0193. The molecule has 0 rings (SSSR count). The number of hydrogen-bond acceptors (Lipinski definition) is 2. The Morgan fingerprint density at radius 3 is 2.07 bits per heavy atom. The van der Waals surface area contributed by atoms with Crippen LogP contribution in [0.25, 0.3) is 0 Å². The maximum Gasteiger partial charge on any atom is 0.390 e. The van der Waals surface area contributed by atoms with E-state index < -0.39 is 18.2 Å². The van der Waals surface area contributed by atoms with Gasteiger partial charge in [-0.1, -0.05) is 13.8 Å². The molecule has 0 amide bonds. The van der Waals surface area contributed by atoms with E-state index in [1.54, 1.807) is 14.0 Å². The largest absolute Gasteiger partial charge is 0.390 e. The zero-order valence-electron chi connectivity index (χ0n) is 9.73. The van der Waals surface area contributed by atoms with E-state index in [1.807, 2.05) is 13.8 Å². The summed E-state index contributed by atoms with van der Waals surface area (Å²) < 4.78 is 35.8. The minimum absolute atomic E-state index is 0.0193. The van der Waals surface area contributed by atoms with Crippen molar-refractivity contribution in [2.24, 2.45) is 5.92 Å². The normalized spacial score (nSPS) is 17.2. The van der Waals surface area contributed by atoms with Gasteiger partial charge >= 0.3 is 6.18 Å². The molecule has 0 saturated heterocycles. The zero-order valence-corrected chi connectivity index (χ0v) is 9.73. The molecule has 0 fully saturated rings. The van der Waals surface area contributed by atoms with Gasteiger partial charge in [-0.2, -0.15) is 13.2 Å². The predicted octanol–water partition coefficient (Wildman–Crippen LogP) is 2.28. The highest BCUT2D eigenvalue weighted by atomic mass is 19.4. The summed E-state index contributed by atoms with van der Waals surface area (Å²) in [5.41, 5.74) is -0.944. The second kappa shape index (κ2) is 5.16. The molecule has 0 radical (unpaired) electrons. The quantitative estimate of drug-likeness (QED) is 0.779. The first-order chi connectivity index (χ1) is 6.54. The number of likely N-dealkylation sites (N-methyl/N-ethyl adjacent to an activating group) is 1. The molecule has 0 aromatic carbocycles. The Kier molecular flexibility index (Phi) is 5.06.